The average Bonchev–Trinajstić information content (AvgIpc) is 2.73. The molecule has 1 aromatic carbocycles. The Balaban J connectivity index is 0.00000420. The highest BCUT2D eigenvalue weighted by atomic mass is 127. The minimum absolute atomic E-state index is 0. The summed E-state index contributed by atoms with van der Waals surface area (Å²) >= 11 is 0. The molecule has 1 aliphatic rings. The Kier molecular flexibility index (Phi) is 12.6. The minimum Gasteiger partial charge on any atom is -0.497 e. The number of methoxy groups -OCH3 is 1. The van der Waals surface area contributed by atoms with E-state index in [2.05, 4.69) is 41.6 Å². The normalized spacial score (nSPS) is 15.5. The maximum Gasteiger partial charge on any atom is 0.191 e. The summed E-state index contributed by atoms with van der Waals surface area (Å²) in [6.07, 6.45) is 3.21. The third-order valence-electron chi connectivity index (χ3n) is 5.22. The Morgan fingerprint density at radius 3 is 2.69 bits per heavy atom. The molecule has 0 unspecified atom stereocenters. The molecule has 1 saturated heterocycles. The van der Waals surface area contributed by atoms with Crippen molar-refractivity contribution in [3.63, 3.8) is 0 Å². The second-order valence-electron chi connectivity index (χ2n) is 7.95. The zero-order chi connectivity index (χ0) is 20.2. The summed E-state index contributed by atoms with van der Waals surface area (Å²) < 4.78 is 16.5. The molecular formula is C22H38IN3O3. The lowest BCUT2D eigenvalue weighted by Gasteiger charge is -2.27. The number of halogens is 1. The fraction of sp³-hybridized carbons (Fsp3) is 0.682. The van der Waals surface area contributed by atoms with Crippen LogP contribution in [0.3, 0.4) is 0 Å². The number of benzene rings is 1. The molecule has 29 heavy (non-hydrogen) atoms. The van der Waals surface area contributed by atoms with E-state index in [0.29, 0.717) is 5.92 Å². The largest absolute Gasteiger partial charge is 0.497 e. The van der Waals surface area contributed by atoms with Gasteiger partial charge in [-0.2, -0.15) is 0 Å². The molecule has 2 rings (SSSR count). The molecule has 0 amide bonds. The summed E-state index contributed by atoms with van der Waals surface area (Å²) in [7, 11) is 3.50. The van der Waals surface area contributed by atoms with Gasteiger partial charge in [-0.3, -0.25) is 4.99 Å². The van der Waals surface area contributed by atoms with E-state index in [4.69, 9.17) is 14.2 Å². The quantitative estimate of drug-likeness (QED) is 0.214. The lowest BCUT2D eigenvalue weighted by atomic mass is 9.84. The molecule has 0 saturated carbocycles. The van der Waals surface area contributed by atoms with Crippen LogP contribution in [0, 0.1) is 5.92 Å². The van der Waals surface area contributed by atoms with Crippen molar-refractivity contribution in [2.45, 2.75) is 38.5 Å². The van der Waals surface area contributed by atoms with Crippen LogP contribution in [0.5, 0.6) is 5.75 Å². The molecule has 1 aliphatic heterocycles. The predicted molar refractivity (Wildman–Crippen MR) is 130 cm³/mol. The number of guanidine groups is 1. The van der Waals surface area contributed by atoms with Gasteiger partial charge in [-0.15, -0.1) is 24.0 Å². The lowest BCUT2D eigenvalue weighted by molar-refractivity contribution is 0.0203. The van der Waals surface area contributed by atoms with Crippen molar-refractivity contribution < 1.29 is 14.2 Å². The molecule has 0 atom stereocenters. The van der Waals surface area contributed by atoms with E-state index in [1.54, 1.807) is 14.2 Å². The van der Waals surface area contributed by atoms with Crippen LogP contribution in [0.4, 0.5) is 0 Å². The molecule has 1 aromatic rings. The van der Waals surface area contributed by atoms with Crippen molar-refractivity contribution in [3.05, 3.63) is 29.8 Å². The summed E-state index contributed by atoms with van der Waals surface area (Å²) in [5.41, 5.74) is 1.19. The van der Waals surface area contributed by atoms with Crippen LogP contribution < -0.4 is 15.4 Å². The Morgan fingerprint density at radius 2 is 2.00 bits per heavy atom. The zero-order valence-corrected chi connectivity index (χ0v) is 20.7. The fourth-order valence-electron chi connectivity index (χ4n) is 3.22. The van der Waals surface area contributed by atoms with Gasteiger partial charge in [0.05, 0.1) is 7.11 Å². The summed E-state index contributed by atoms with van der Waals surface area (Å²) in [5, 5.41) is 6.80. The van der Waals surface area contributed by atoms with Crippen LogP contribution in [0.1, 0.15) is 38.7 Å². The number of rotatable bonds is 10. The van der Waals surface area contributed by atoms with Gasteiger partial charge in [0, 0.05) is 52.0 Å². The third kappa shape index (κ3) is 9.53. The van der Waals surface area contributed by atoms with Crippen molar-refractivity contribution >= 4 is 29.9 Å². The highest BCUT2D eigenvalue weighted by molar-refractivity contribution is 14.0. The first-order chi connectivity index (χ1) is 13.5. The van der Waals surface area contributed by atoms with Gasteiger partial charge in [-0.05, 0) is 42.9 Å². The van der Waals surface area contributed by atoms with Crippen LogP contribution in [0.15, 0.2) is 29.3 Å². The van der Waals surface area contributed by atoms with Crippen molar-refractivity contribution in [2.75, 3.05) is 53.7 Å². The van der Waals surface area contributed by atoms with E-state index in [1.165, 1.54) is 5.56 Å². The Labute approximate surface area is 193 Å². The topological polar surface area (TPSA) is 64.1 Å². The molecule has 0 radical (unpaired) electrons. The van der Waals surface area contributed by atoms with Crippen molar-refractivity contribution in [1.29, 1.82) is 0 Å². The van der Waals surface area contributed by atoms with Gasteiger partial charge in [-0.25, -0.2) is 0 Å². The number of aliphatic imine (C=N–C) groups is 1. The Hall–Kier alpha value is -1.06. The first-order valence-corrected chi connectivity index (χ1v) is 10.3. The maximum absolute atomic E-state index is 5.81. The van der Waals surface area contributed by atoms with Crippen LogP contribution in [0.25, 0.3) is 0 Å². The first-order valence-electron chi connectivity index (χ1n) is 10.3. The fourth-order valence-corrected chi connectivity index (χ4v) is 3.22. The maximum atomic E-state index is 5.81. The minimum atomic E-state index is -0.0427. The van der Waals surface area contributed by atoms with Gasteiger partial charge in [-0.1, -0.05) is 26.0 Å². The second kappa shape index (κ2) is 14.0. The van der Waals surface area contributed by atoms with Crippen LogP contribution in [0.2, 0.25) is 0 Å². The van der Waals surface area contributed by atoms with Gasteiger partial charge >= 0.3 is 0 Å². The van der Waals surface area contributed by atoms with Gasteiger partial charge in [0.25, 0.3) is 0 Å². The lowest BCUT2D eigenvalue weighted by Crippen LogP contribution is -2.43. The van der Waals surface area contributed by atoms with E-state index >= 15 is 0 Å². The first kappa shape index (κ1) is 26.0. The van der Waals surface area contributed by atoms with Gasteiger partial charge in [0.15, 0.2) is 5.96 Å². The zero-order valence-electron chi connectivity index (χ0n) is 18.3. The molecule has 0 aromatic heterocycles. The standard InChI is InChI=1S/C22H37N3O3.HI/c1-22(2,19-7-5-8-20(15-19)26-4)17-25-21(23-3)24-11-6-12-28-16-18-9-13-27-14-10-18;/h5,7-8,15,18H,6,9-14,16-17H2,1-4H3,(H2,23,24,25);1H. The molecule has 0 spiro atoms. The third-order valence-corrected chi connectivity index (χ3v) is 5.22. The average molecular weight is 519 g/mol. The second-order valence-corrected chi connectivity index (χ2v) is 7.95. The van der Waals surface area contributed by atoms with E-state index in [1.807, 2.05) is 12.1 Å². The monoisotopic (exact) mass is 519 g/mol. The molecule has 166 valence electrons. The van der Waals surface area contributed by atoms with Gasteiger partial charge in [0.1, 0.15) is 5.75 Å². The van der Waals surface area contributed by atoms with E-state index in [9.17, 15) is 0 Å². The summed E-state index contributed by atoms with van der Waals surface area (Å²) in [6.45, 7) is 9.43. The number of nitrogens with zero attached hydrogens (tertiary/aromatic N) is 1. The van der Waals surface area contributed by atoms with Crippen molar-refractivity contribution in [1.82, 2.24) is 10.6 Å². The van der Waals surface area contributed by atoms with Gasteiger partial charge < -0.3 is 24.8 Å². The number of hydrogen-bond acceptors (Lipinski definition) is 4. The highest BCUT2D eigenvalue weighted by Gasteiger charge is 2.21. The molecule has 1 heterocycles. The Morgan fingerprint density at radius 1 is 1.24 bits per heavy atom. The molecular weight excluding hydrogens is 481 g/mol. The van der Waals surface area contributed by atoms with Crippen LogP contribution in [-0.2, 0) is 14.9 Å². The Bertz CT molecular complexity index is 605. The molecule has 7 heteroatoms. The molecule has 6 nitrogen and oxygen atoms in total. The molecule has 2 N–H and O–H groups in total. The summed E-state index contributed by atoms with van der Waals surface area (Å²) in [6, 6.07) is 8.23. The van der Waals surface area contributed by atoms with Crippen LogP contribution in [-0.4, -0.2) is 59.6 Å². The van der Waals surface area contributed by atoms with Crippen LogP contribution >= 0.6 is 24.0 Å². The summed E-state index contributed by atoms with van der Waals surface area (Å²) in [4.78, 5) is 4.32. The molecule has 0 bridgehead atoms. The number of nitrogens with one attached hydrogen (secondary N) is 2. The van der Waals surface area contributed by atoms with E-state index < -0.39 is 0 Å². The smallest absolute Gasteiger partial charge is 0.191 e. The van der Waals surface area contributed by atoms with E-state index in [-0.39, 0.29) is 29.4 Å². The van der Waals surface area contributed by atoms with E-state index in [0.717, 1.165) is 70.5 Å². The summed E-state index contributed by atoms with van der Waals surface area (Å²) in [5.74, 6) is 2.37. The molecule has 1 fully saturated rings. The number of hydrogen-bond donors (Lipinski definition) is 2. The van der Waals surface area contributed by atoms with Gasteiger partial charge in [0.2, 0.25) is 0 Å². The SMILES string of the molecule is CN=C(NCCCOCC1CCOCC1)NCC(C)(C)c1cccc(OC)c1.I. The number of ether oxygens (including phenoxy) is 3. The highest BCUT2D eigenvalue weighted by Crippen LogP contribution is 2.25. The predicted octanol–water partition coefficient (Wildman–Crippen LogP) is 3.59. The van der Waals surface area contributed by atoms with Crippen molar-refractivity contribution in [3.8, 4) is 5.75 Å². The molecule has 0 aliphatic carbocycles. The van der Waals surface area contributed by atoms with Crippen molar-refractivity contribution in [2.24, 2.45) is 10.9 Å².